The summed E-state index contributed by atoms with van der Waals surface area (Å²) in [6.45, 7) is 3.11. The minimum Gasteiger partial charge on any atom is -0.486 e. The molecule has 0 amide bonds. The van der Waals surface area contributed by atoms with Crippen molar-refractivity contribution in [3.63, 3.8) is 0 Å². The van der Waals surface area contributed by atoms with Crippen LogP contribution in [0.5, 0.6) is 11.5 Å². The fourth-order valence-electron chi connectivity index (χ4n) is 1.72. The van der Waals surface area contributed by atoms with Gasteiger partial charge in [-0.2, -0.15) is 5.10 Å². The van der Waals surface area contributed by atoms with Gasteiger partial charge in [-0.15, -0.1) is 13.2 Å². The Morgan fingerprint density at radius 2 is 1.86 bits per heavy atom. The Morgan fingerprint density at radius 3 is 2.48 bits per heavy atom. The van der Waals surface area contributed by atoms with Gasteiger partial charge in [0.05, 0.1) is 12.4 Å². The molecule has 0 bridgehead atoms. The number of benzene rings is 1. The first-order valence-corrected chi connectivity index (χ1v) is 6.46. The van der Waals surface area contributed by atoms with Crippen molar-refractivity contribution in [2.24, 2.45) is 0 Å². The van der Waals surface area contributed by atoms with E-state index in [1.807, 2.05) is 6.92 Å². The molecule has 4 nitrogen and oxygen atoms in total. The van der Waals surface area contributed by atoms with E-state index in [1.165, 1.54) is 24.3 Å². The van der Waals surface area contributed by atoms with E-state index >= 15 is 0 Å². The number of aromatic nitrogens is 2. The summed E-state index contributed by atoms with van der Waals surface area (Å²) in [6, 6.07) is 5.56. The minimum absolute atomic E-state index is 0.248. The smallest absolute Gasteiger partial charge is 0.486 e. The molecule has 1 heterocycles. The van der Waals surface area contributed by atoms with Gasteiger partial charge in [0, 0.05) is 6.54 Å². The Bertz CT molecular complexity index is 564. The molecule has 0 aliphatic heterocycles. The van der Waals surface area contributed by atoms with Crippen molar-refractivity contribution < 1.29 is 22.6 Å². The fourth-order valence-corrected chi connectivity index (χ4v) is 1.72. The molecule has 0 fully saturated rings. The number of aryl methyl sites for hydroxylation is 1. The summed E-state index contributed by atoms with van der Waals surface area (Å²) in [5, 5.41) is 4.12. The van der Waals surface area contributed by atoms with Crippen LogP contribution in [0.15, 0.2) is 36.7 Å². The third-order valence-electron chi connectivity index (χ3n) is 2.62. The normalized spacial score (nSPS) is 11.4. The van der Waals surface area contributed by atoms with Crippen LogP contribution in [0.2, 0.25) is 0 Å². The maximum absolute atomic E-state index is 12.0. The molecule has 114 valence electrons. The van der Waals surface area contributed by atoms with E-state index in [1.54, 1.807) is 17.1 Å². The number of alkyl halides is 3. The van der Waals surface area contributed by atoms with Gasteiger partial charge in [0.15, 0.2) is 5.75 Å². The van der Waals surface area contributed by atoms with Crippen molar-refractivity contribution in [3.05, 3.63) is 42.2 Å². The lowest BCUT2D eigenvalue weighted by atomic mass is 10.2. The molecule has 21 heavy (non-hydrogen) atoms. The van der Waals surface area contributed by atoms with Gasteiger partial charge in [-0.3, -0.25) is 4.68 Å². The molecule has 0 saturated heterocycles. The standard InChI is InChI=1S/C14H15F3N2O2/c1-2-7-19-9-13(8-18-19)20-10-11-3-5-12(6-4-11)21-14(15,16)17/h3-6,8-9H,2,7,10H2,1H3. The average molecular weight is 300 g/mol. The van der Waals surface area contributed by atoms with Gasteiger partial charge < -0.3 is 9.47 Å². The number of nitrogens with zero attached hydrogens (tertiary/aromatic N) is 2. The SMILES string of the molecule is CCCn1cc(OCc2ccc(OC(F)(F)F)cc2)cn1. The monoisotopic (exact) mass is 300 g/mol. The summed E-state index contributed by atoms with van der Waals surface area (Å²) in [6.07, 6.45) is -0.310. The summed E-state index contributed by atoms with van der Waals surface area (Å²) in [7, 11) is 0. The van der Waals surface area contributed by atoms with Crippen LogP contribution >= 0.6 is 0 Å². The lowest BCUT2D eigenvalue weighted by molar-refractivity contribution is -0.274. The van der Waals surface area contributed by atoms with E-state index in [0.717, 1.165) is 18.5 Å². The van der Waals surface area contributed by atoms with E-state index in [4.69, 9.17) is 4.74 Å². The molecule has 0 radical (unpaired) electrons. The first-order chi connectivity index (χ1) is 9.96. The summed E-state index contributed by atoms with van der Waals surface area (Å²) in [4.78, 5) is 0. The first kappa shape index (κ1) is 15.2. The molecule has 0 spiro atoms. The largest absolute Gasteiger partial charge is 0.573 e. The molecular weight excluding hydrogens is 285 g/mol. The van der Waals surface area contributed by atoms with Crippen LogP contribution in [0, 0.1) is 0 Å². The van der Waals surface area contributed by atoms with Crippen LogP contribution in [0.4, 0.5) is 13.2 Å². The Hall–Kier alpha value is -2.18. The number of hydrogen-bond acceptors (Lipinski definition) is 3. The molecular formula is C14H15F3N2O2. The Balaban J connectivity index is 1.88. The minimum atomic E-state index is -4.67. The van der Waals surface area contributed by atoms with E-state index in [2.05, 4.69) is 9.84 Å². The highest BCUT2D eigenvalue weighted by atomic mass is 19.4. The number of halogens is 3. The first-order valence-electron chi connectivity index (χ1n) is 6.46. The lowest BCUT2D eigenvalue weighted by Crippen LogP contribution is -2.17. The summed E-state index contributed by atoms with van der Waals surface area (Å²) < 4.78 is 47.1. The highest BCUT2D eigenvalue weighted by Crippen LogP contribution is 2.23. The predicted molar refractivity (Wildman–Crippen MR) is 70.0 cm³/mol. The lowest BCUT2D eigenvalue weighted by Gasteiger charge is -2.09. The third-order valence-corrected chi connectivity index (χ3v) is 2.62. The molecule has 0 aliphatic carbocycles. The van der Waals surface area contributed by atoms with Gasteiger partial charge in [0.25, 0.3) is 0 Å². The maximum atomic E-state index is 12.0. The third kappa shape index (κ3) is 5.02. The molecule has 1 aromatic carbocycles. The second-order valence-corrected chi connectivity index (χ2v) is 4.42. The van der Waals surface area contributed by atoms with Crippen LogP contribution in [-0.4, -0.2) is 16.1 Å². The highest BCUT2D eigenvalue weighted by Gasteiger charge is 2.30. The van der Waals surface area contributed by atoms with Crippen molar-refractivity contribution in [1.82, 2.24) is 9.78 Å². The number of ether oxygens (including phenoxy) is 2. The van der Waals surface area contributed by atoms with E-state index in [0.29, 0.717) is 5.75 Å². The van der Waals surface area contributed by atoms with Crippen LogP contribution in [0.3, 0.4) is 0 Å². The summed E-state index contributed by atoms with van der Waals surface area (Å²) in [5.74, 6) is 0.376. The summed E-state index contributed by atoms with van der Waals surface area (Å²) >= 11 is 0. The fraction of sp³-hybridized carbons (Fsp3) is 0.357. The highest BCUT2D eigenvalue weighted by molar-refractivity contribution is 5.27. The van der Waals surface area contributed by atoms with Crippen molar-refractivity contribution in [1.29, 1.82) is 0 Å². The molecule has 7 heteroatoms. The topological polar surface area (TPSA) is 36.3 Å². The number of rotatable bonds is 6. The van der Waals surface area contributed by atoms with Crippen molar-refractivity contribution in [2.45, 2.75) is 32.9 Å². The second kappa shape index (κ2) is 6.51. The molecule has 0 N–H and O–H groups in total. The zero-order valence-corrected chi connectivity index (χ0v) is 11.4. The van der Waals surface area contributed by atoms with Crippen molar-refractivity contribution >= 4 is 0 Å². The molecule has 1 aromatic heterocycles. The van der Waals surface area contributed by atoms with Gasteiger partial charge in [0.2, 0.25) is 0 Å². The van der Waals surface area contributed by atoms with Crippen LogP contribution < -0.4 is 9.47 Å². The van der Waals surface area contributed by atoms with Crippen LogP contribution in [0.1, 0.15) is 18.9 Å². The van der Waals surface area contributed by atoms with Gasteiger partial charge in [0.1, 0.15) is 12.4 Å². The Labute approximate surface area is 120 Å². The molecule has 0 saturated carbocycles. The molecule has 0 atom stereocenters. The average Bonchev–Trinajstić information content (AvgIpc) is 2.84. The van der Waals surface area contributed by atoms with Gasteiger partial charge in [-0.25, -0.2) is 0 Å². The maximum Gasteiger partial charge on any atom is 0.573 e. The Kier molecular flexibility index (Phi) is 4.72. The summed E-state index contributed by atoms with van der Waals surface area (Å²) in [5.41, 5.74) is 0.743. The molecule has 0 unspecified atom stereocenters. The van der Waals surface area contributed by atoms with E-state index in [-0.39, 0.29) is 12.4 Å². The molecule has 0 aliphatic rings. The molecule has 2 aromatic rings. The van der Waals surface area contributed by atoms with E-state index in [9.17, 15) is 13.2 Å². The van der Waals surface area contributed by atoms with Gasteiger partial charge in [-0.1, -0.05) is 19.1 Å². The zero-order chi connectivity index (χ0) is 15.3. The van der Waals surface area contributed by atoms with Crippen LogP contribution in [0.25, 0.3) is 0 Å². The van der Waals surface area contributed by atoms with Crippen molar-refractivity contribution in [3.8, 4) is 11.5 Å². The van der Waals surface area contributed by atoms with E-state index < -0.39 is 6.36 Å². The predicted octanol–water partition coefficient (Wildman–Crippen LogP) is 3.77. The second-order valence-electron chi connectivity index (χ2n) is 4.42. The van der Waals surface area contributed by atoms with Gasteiger partial charge in [-0.05, 0) is 24.1 Å². The quantitative estimate of drug-likeness (QED) is 0.814. The zero-order valence-electron chi connectivity index (χ0n) is 11.4. The Morgan fingerprint density at radius 1 is 1.14 bits per heavy atom. The van der Waals surface area contributed by atoms with Crippen LogP contribution in [-0.2, 0) is 13.2 Å². The molecule has 2 rings (SSSR count). The van der Waals surface area contributed by atoms with Crippen molar-refractivity contribution in [2.75, 3.05) is 0 Å². The van der Waals surface area contributed by atoms with Gasteiger partial charge >= 0.3 is 6.36 Å². The number of hydrogen-bond donors (Lipinski definition) is 0.